The standard InChI is InChI=1S/C9H10N2O3S2/c1-13-9(14-2)11-16-15-8(12)7-4-3-5-10-6-7/h3-6H,1-2H3. The Morgan fingerprint density at radius 1 is 1.44 bits per heavy atom. The van der Waals surface area contributed by atoms with Crippen molar-refractivity contribution in [3.63, 3.8) is 0 Å². The Bertz CT molecular complexity index is 364. The van der Waals surface area contributed by atoms with Gasteiger partial charge in [-0.3, -0.25) is 9.78 Å². The lowest BCUT2D eigenvalue weighted by molar-refractivity contribution is 0.109. The van der Waals surface area contributed by atoms with Crippen molar-refractivity contribution in [2.75, 3.05) is 14.2 Å². The molecule has 0 radical (unpaired) electrons. The fourth-order valence-electron chi connectivity index (χ4n) is 0.772. The summed E-state index contributed by atoms with van der Waals surface area (Å²) in [6, 6.07) is 3.40. The topological polar surface area (TPSA) is 60.8 Å². The Labute approximate surface area is 101 Å². The van der Waals surface area contributed by atoms with Gasteiger partial charge in [0.2, 0.25) is 5.12 Å². The van der Waals surface area contributed by atoms with E-state index in [4.69, 9.17) is 9.47 Å². The van der Waals surface area contributed by atoms with Crippen molar-refractivity contribution in [1.82, 2.24) is 4.98 Å². The highest BCUT2D eigenvalue weighted by atomic mass is 33.1. The maximum absolute atomic E-state index is 11.6. The first-order valence-electron chi connectivity index (χ1n) is 4.22. The number of rotatable bonds is 3. The Morgan fingerprint density at radius 3 is 2.75 bits per heavy atom. The third kappa shape index (κ3) is 4.11. The Kier molecular flexibility index (Phi) is 5.73. The molecule has 1 aromatic rings. The summed E-state index contributed by atoms with van der Waals surface area (Å²) in [6.07, 6.45) is 3.24. The molecule has 0 spiro atoms. The molecule has 0 unspecified atom stereocenters. The number of nitrogens with zero attached hydrogens (tertiary/aromatic N) is 2. The van der Waals surface area contributed by atoms with Gasteiger partial charge in [-0.2, -0.15) is 0 Å². The van der Waals surface area contributed by atoms with E-state index in [1.165, 1.54) is 20.4 Å². The first kappa shape index (κ1) is 12.9. The van der Waals surface area contributed by atoms with Crippen LogP contribution in [0, 0.1) is 0 Å². The van der Waals surface area contributed by atoms with Gasteiger partial charge in [-0.05, 0) is 12.1 Å². The van der Waals surface area contributed by atoms with Gasteiger partial charge in [-0.25, -0.2) is 0 Å². The SMILES string of the molecule is COC(=NSSC(=O)c1cccnc1)OC. The van der Waals surface area contributed by atoms with Crippen LogP contribution >= 0.6 is 21.8 Å². The van der Waals surface area contributed by atoms with Gasteiger partial charge in [-0.15, -0.1) is 4.40 Å². The van der Waals surface area contributed by atoms with E-state index in [1.807, 2.05) is 0 Å². The quantitative estimate of drug-likeness (QED) is 0.358. The summed E-state index contributed by atoms with van der Waals surface area (Å²) in [6.45, 7) is 0. The maximum Gasteiger partial charge on any atom is 0.395 e. The summed E-state index contributed by atoms with van der Waals surface area (Å²) < 4.78 is 13.4. The Morgan fingerprint density at radius 2 is 2.19 bits per heavy atom. The van der Waals surface area contributed by atoms with Gasteiger partial charge in [0.05, 0.1) is 25.2 Å². The lowest BCUT2D eigenvalue weighted by Crippen LogP contribution is -2.01. The van der Waals surface area contributed by atoms with Gasteiger partial charge in [0.15, 0.2) is 0 Å². The Hall–Kier alpha value is -1.21. The molecule has 1 rings (SSSR count). The van der Waals surface area contributed by atoms with Crippen LogP contribution in [-0.4, -0.2) is 30.4 Å². The average Bonchev–Trinajstić information content (AvgIpc) is 2.35. The summed E-state index contributed by atoms with van der Waals surface area (Å²) >= 11 is 0. The van der Waals surface area contributed by atoms with Gasteiger partial charge < -0.3 is 9.47 Å². The molecule has 0 atom stereocenters. The summed E-state index contributed by atoms with van der Waals surface area (Å²) in [4.78, 5) is 15.4. The minimum atomic E-state index is -0.117. The van der Waals surface area contributed by atoms with Crippen LogP contribution in [0.3, 0.4) is 0 Å². The summed E-state index contributed by atoms with van der Waals surface area (Å²) in [5.41, 5.74) is 0.534. The van der Waals surface area contributed by atoms with E-state index >= 15 is 0 Å². The lowest BCUT2D eigenvalue weighted by Gasteiger charge is -2.00. The summed E-state index contributed by atoms with van der Waals surface area (Å²) in [5, 5.41) is -0.117. The predicted octanol–water partition coefficient (Wildman–Crippen LogP) is 2.17. The van der Waals surface area contributed by atoms with Crippen molar-refractivity contribution < 1.29 is 14.3 Å². The molecular weight excluding hydrogens is 248 g/mol. The first-order valence-corrected chi connectivity index (χ1v) is 6.32. The van der Waals surface area contributed by atoms with Crippen LogP contribution < -0.4 is 0 Å². The molecule has 0 saturated carbocycles. The largest absolute Gasteiger partial charge is 0.453 e. The molecule has 0 aromatic carbocycles. The second-order valence-electron chi connectivity index (χ2n) is 2.45. The van der Waals surface area contributed by atoms with Gasteiger partial charge in [0.1, 0.15) is 0 Å². The minimum absolute atomic E-state index is 0.117. The number of carbonyl (C=O) groups is 1. The van der Waals surface area contributed by atoms with Crippen LogP contribution in [0.15, 0.2) is 28.9 Å². The first-order chi connectivity index (χ1) is 7.77. The normalized spacial score (nSPS) is 9.38. The van der Waals surface area contributed by atoms with Crippen LogP contribution in [0.1, 0.15) is 10.4 Å². The molecule has 0 amide bonds. The van der Waals surface area contributed by atoms with Crippen LogP contribution in [0.2, 0.25) is 0 Å². The van der Waals surface area contributed by atoms with E-state index in [9.17, 15) is 4.79 Å². The molecule has 0 aliphatic heterocycles. The van der Waals surface area contributed by atoms with Crippen molar-refractivity contribution in [3.8, 4) is 0 Å². The second kappa shape index (κ2) is 7.13. The number of methoxy groups -OCH3 is 2. The fraction of sp³-hybridized carbons (Fsp3) is 0.222. The maximum atomic E-state index is 11.6. The van der Waals surface area contributed by atoms with Crippen molar-refractivity contribution in [3.05, 3.63) is 30.1 Å². The van der Waals surface area contributed by atoms with Crippen LogP contribution in [0.25, 0.3) is 0 Å². The number of hydrogen-bond acceptors (Lipinski definition) is 7. The average molecular weight is 258 g/mol. The zero-order valence-corrected chi connectivity index (χ0v) is 10.4. The highest BCUT2D eigenvalue weighted by Gasteiger charge is 2.07. The van der Waals surface area contributed by atoms with E-state index in [1.54, 1.807) is 18.3 Å². The van der Waals surface area contributed by atoms with Crippen LogP contribution in [-0.2, 0) is 9.47 Å². The molecule has 0 aliphatic carbocycles. The van der Waals surface area contributed by atoms with E-state index in [2.05, 4.69) is 9.38 Å². The summed E-state index contributed by atoms with van der Waals surface area (Å²) in [5.74, 6) is 0. The van der Waals surface area contributed by atoms with Crippen LogP contribution in [0.5, 0.6) is 0 Å². The molecule has 1 heterocycles. The molecule has 7 heteroatoms. The van der Waals surface area contributed by atoms with E-state index < -0.39 is 0 Å². The number of pyridine rings is 1. The molecule has 5 nitrogen and oxygen atoms in total. The molecule has 0 fully saturated rings. The van der Waals surface area contributed by atoms with Crippen molar-refractivity contribution in [1.29, 1.82) is 0 Å². The number of carbonyl (C=O) groups excluding carboxylic acids is 1. The molecule has 16 heavy (non-hydrogen) atoms. The smallest absolute Gasteiger partial charge is 0.395 e. The molecular formula is C9H10N2O3S2. The zero-order chi connectivity index (χ0) is 11.8. The van der Waals surface area contributed by atoms with Crippen LogP contribution in [0.4, 0.5) is 0 Å². The third-order valence-electron chi connectivity index (χ3n) is 1.47. The molecule has 0 bridgehead atoms. The molecule has 0 N–H and O–H groups in total. The highest BCUT2D eigenvalue weighted by Crippen LogP contribution is 2.26. The van der Waals surface area contributed by atoms with E-state index in [0.717, 1.165) is 21.8 Å². The Balaban J connectivity index is 2.45. The van der Waals surface area contributed by atoms with Gasteiger partial charge in [-0.1, -0.05) is 0 Å². The van der Waals surface area contributed by atoms with Gasteiger partial charge in [0, 0.05) is 28.8 Å². The third-order valence-corrected chi connectivity index (χ3v) is 3.06. The fourth-order valence-corrected chi connectivity index (χ4v) is 2.09. The number of aromatic nitrogens is 1. The highest BCUT2D eigenvalue weighted by molar-refractivity contribution is 8.81. The number of ether oxygens (including phenoxy) is 2. The molecule has 0 saturated heterocycles. The lowest BCUT2D eigenvalue weighted by atomic mass is 10.3. The monoisotopic (exact) mass is 258 g/mol. The van der Waals surface area contributed by atoms with E-state index in [0.29, 0.717) is 5.56 Å². The molecule has 1 aromatic heterocycles. The zero-order valence-electron chi connectivity index (χ0n) is 8.75. The van der Waals surface area contributed by atoms with Crippen molar-refractivity contribution in [2.45, 2.75) is 0 Å². The van der Waals surface area contributed by atoms with Gasteiger partial charge >= 0.3 is 6.08 Å². The second-order valence-corrected chi connectivity index (χ2v) is 4.27. The number of hydrogen-bond donors (Lipinski definition) is 0. The minimum Gasteiger partial charge on any atom is -0.453 e. The van der Waals surface area contributed by atoms with E-state index in [-0.39, 0.29) is 11.2 Å². The van der Waals surface area contributed by atoms with Crippen molar-refractivity contribution in [2.24, 2.45) is 4.40 Å². The summed E-state index contributed by atoms with van der Waals surface area (Å²) in [7, 11) is 4.85. The van der Waals surface area contributed by atoms with Crippen molar-refractivity contribution >= 4 is 33.0 Å². The molecule has 86 valence electrons. The van der Waals surface area contributed by atoms with Gasteiger partial charge in [0.25, 0.3) is 0 Å². The predicted molar refractivity (Wildman–Crippen MR) is 65.2 cm³/mol. The molecule has 0 aliphatic rings.